The molecule has 1 fully saturated rings. The average Bonchev–Trinajstić information content (AvgIpc) is 2.40. The van der Waals surface area contributed by atoms with E-state index in [1.165, 1.54) is 0 Å². The third-order valence-electron chi connectivity index (χ3n) is 3.96. The Morgan fingerprint density at radius 2 is 2.00 bits per heavy atom. The largest absolute Gasteiger partial charge is 0.294 e. The quantitative estimate of drug-likeness (QED) is 0.730. The van der Waals surface area contributed by atoms with Gasteiger partial charge in [-0.1, -0.05) is 26.2 Å². The summed E-state index contributed by atoms with van der Waals surface area (Å²) in [6.07, 6.45) is 4.88. The molecule has 1 aromatic carbocycles. The van der Waals surface area contributed by atoms with E-state index in [0.717, 1.165) is 50.3 Å². The highest BCUT2D eigenvalue weighted by atomic mass is 19.1. The Labute approximate surface area is 106 Å². The molecule has 1 nitrogen and oxygen atoms in total. The van der Waals surface area contributed by atoms with Gasteiger partial charge in [0.1, 0.15) is 11.6 Å². The minimum atomic E-state index is -0.609. The van der Waals surface area contributed by atoms with Crippen LogP contribution in [0.4, 0.5) is 8.78 Å². The van der Waals surface area contributed by atoms with Crippen molar-refractivity contribution in [2.45, 2.75) is 39.0 Å². The number of Topliss-reactive ketones (excluding diaryl/α,β-unsaturated/α-hetero) is 1. The van der Waals surface area contributed by atoms with Gasteiger partial charge in [0.15, 0.2) is 5.78 Å². The first-order valence-corrected chi connectivity index (χ1v) is 6.62. The summed E-state index contributed by atoms with van der Waals surface area (Å²) in [6, 6.07) is 3.11. The van der Waals surface area contributed by atoms with Crippen molar-refractivity contribution in [2.24, 2.45) is 11.8 Å². The maximum atomic E-state index is 13.6. The first kappa shape index (κ1) is 13.2. The number of rotatable bonds is 3. The molecule has 2 rings (SSSR count). The van der Waals surface area contributed by atoms with Crippen LogP contribution in [0.15, 0.2) is 18.2 Å². The number of ketones is 1. The number of carbonyl (C=O) groups is 1. The van der Waals surface area contributed by atoms with Crippen molar-refractivity contribution in [3.05, 3.63) is 35.4 Å². The van der Waals surface area contributed by atoms with E-state index >= 15 is 0 Å². The van der Waals surface area contributed by atoms with E-state index in [0.29, 0.717) is 5.92 Å². The lowest BCUT2D eigenvalue weighted by Crippen LogP contribution is -2.27. The van der Waals surface area contributed by atoms with Crippen LogP contribution in [0.5, 0.6) is 0 Å². The fourth-order valence-corrected chi connectivity index (χ4v) is 2.93. The van der Waals surface area contributed by atoms with E-state index in [-0.39, 0.29) is 17.3 Å². The number of benzene rings is 1. The number of hydrogen-bond acceptors (Lipinski definition) is 1. The van der Waals surface area contributed by atoms with Gasteiger partial charge in [-0.3, -0.25) is 4.79 Å². The van der Waals surface area contributed by atoms with Crippen molar-refractivity contribution in [1.82, 2.24) is 0 Å². The Bertz CT molecular complexity index is 442. The molecule has 1 aliphatic rings. The third kappa shape index (κ3) is 2.60. The van der Waals surface area contributed by atoms with Crippen LogP contribution < -0.4 is 0 Å². The molecule has 0 aromatic heterocycles. The number of carbonyl (C=O) groups excluding carboxylic acids is 1. The Kier molecular flexibility index (Phi) is 4.10. The predicted molar refractivity (Wildman–Crippen MR) is 66.4 cm³/mol. The fourth-order valence-electron chi connectivity index (χ4n) is 2.93. The molecule has 0 aliphatic heterocycles. The van der Waals surface area contributed by atoms with Gasteiger partial charge >= 0.3 is 0 Å². The van der Waals surface area contributed by atoms with Crippen molar-refractivity contribution in [2.75, 3.05) is 0 Å². The summed E-state index contributed by atoms with van der Waals surface area (Å²) in [6.45, 7) is 2.05. The molecule has 2 atom stereocenters. The summed E-state index contributed by atoms with van der Waals surface area (Å²) in [7, 11) is 0. The Morgan fingerprint density at radius 1 is 1.28 bits per heavy atom. The molecule has 18 heavy (non-hydrogen) atoms. The predicted octanol–water partition coefficient (Wildman–Crippen LogP) is 4.36. The zero-order valence-electron chi connectivity index (χ0n) is 10.6. The molecule has 0 bridgehead atoms. The van der Waals surface area contributed by atoms with E-state index < -0.39 is 11.6 Å². The van der Waals surface area contributed by atoms with E-state index in [4.69, 9.17) is 0 Å². The lowest BCUT2D eigenvalue weighted by molar-refractivity contribution is 0.0815. The van der Waals surface area contributed by atoms with Crippen molar-refractivity contribution in [3.8, 4) is 0 Å². The third-order valence-corrected chi connectivity index (χ3v) is 3.96. The molecule has 1 saturated carbocycles. The highest BCUT2D eigenvalue weighted by molar-refractivity contribution is 5.98. The monoisotopic (exact) mass is 252 g/mol. The molecule has 0 saturated heterocycles. The normalized spacial score (nSPS) is 23.9. The lowest BCUT2D eigenvalue weighted by Gasteiger charge is -2.29. The van der Waals surface area contributed by atoms with Crippen LogP contribution >= 0.6 is 0 Å². The lowest BCUT2D eigenvalue weighted by atomic mass is 9.74. The Balaban J connectivity index is 2.26. The second-order valence-electron chi connectivity index (χ2n) is 5.05. The summed E-state index contributed by atoms with van der Waals surface area (Å²) in [4.78, 5) is 12.3. The highest BCUT2D eigenvalue weighted by Crippen LogP contribution is 2.34. The van der Waals surface area contributed by atoms with Crippen LogP contribution in [0.1, 0.15) is 49.4 Å². The molecule has 1 aliphatic carbocycles. The van der Waals surface area contributed by atoms with Gasteiger partial charge < -0.3 is 0 Å². The van der Waals surface area contributed by atoms with Crippen LogP contribution in [-0.4, -0.2) is 5.78 Å². The van der Waals surface area contributed by atoms with Gasteiger partial charge in [-0.15, -0.1) is 0 Å². The van der Waals surface area contributed by atoms with Crippen molar-refractivity contribution in [1.29, 1.82) is 0 Å². The number of halogens is 2. The number of hydrogen-bond donors (Lipinski definition) is 0. The minimum absolute atomic E-state index is 0.0830. The maximum Gasteiger partial charge on any atom is 0.169 e. The van der Waals surface area contributed by atoms with Gasteiger partial charge in [-0.2, -0.15) is 0 Å². The van der Waals surface area contributed by atoms with Crippen molar-refractivity contribution in [3.63, 3.8) is 0 Å². The van der Waals surface area contributed by atoms with E-state index in [2.05, 4.69) is 6.92 Å². The van der Waals surface area contributed by atoms with E-state index in [1.807, 2.05) is 0 Å². The molecule has 98 valence electrons. The molecule has 0 heterocycles. The molecule has 0 N–H and O–H groups in total. The maximum absolute atomic E-state index is 13.6. The van der Waals surface area contributed by atoms with Gasteiger partial charge in [0.2, 0.25) is 0 Å². The van der Waals surface area contributed by atoms with Crippen molar-refractivity contribution < 1.29 is 13.6 Å². The molecule has 0 spiro atoms. The first-order chi connectivity index (χ1) is 8.63. The van der Waals surface area contributed by atoms with Crippen LogP contribution in [0, 0.1) is 23.5 Å². The van der Waals surface area contributed by atoms with Crippen molar-refractivity contribution >= 4 is 5.78 Å². The molecule has 1 aromatic rings. The summed E-state index contributed by atoms with van der Waals surface area (Å²) in [5.74, 6) is -1.21. The molecule has 2 unspecified atom stereocenters. The van der Waals surface area contributed by atoms with Crippen LogP contribution in [0.2, 0.25) is 0 Å². The smallest absolute Gasteiger partial charge is 0.169 e. The summed E-state index contributed by atoms with van der Waals surface area (Å²) in [5, 5.41) is 0. The standard InChI is InChI=1S/C15H18F2O/c1-2-10-5-3-4-6-12(10)15(18)13-9-11(16)7-8-14(13)17/h7-10,12H,2-6H2,1H3. The summed E-state index contributed by atoms with van der Waals surface area (Å²) >= 11 is 0. The first-order valence-electron chi connectivity index (χ1n) is 6.62. The van der Waals surface area contributed by atoms with Gasteiger partial charge in [0.05, 0.1) is 5.56 Å². The van der Waals surface area contributed by atoms with E-state index in [9.17, 15) is 13.6 Å². The second kappa shape index (κ2) is 5.59. The molecular formula is C15H18F2O. The zero-order chi connectivity index (χ0) is 13.1. The zero-order valence-corrected chi connectivity index (χ0v) is 10.6. The van der Waals surface area contributed by atoms with Gasteiger partial charge in [0.25, 0.3) is 0 Å². The Morgan fingerprint density at radius 3 is 2.72 bits per heavy atom. The second-order valence-corrected chi connectivity index (χ2v) is 5.05. The van der Waals surface area contributed by atoms with Gasteiger partial charge in [-0.25, -0.2) is 8.78 Å². The average molecular weight is 252 g/mol. The minimum Gasteiger partial charge on any atom is -0.294 e. The van der Waals surface area contributed by atoms with Gasteiger partial charge in [0, 0.05) is 5.92 Å². The van der Waals surface area contributed by atoms with Gasteiger partial charge in [-0.05, 0) is 37.0 Å². The molecule has 3 heteroatoms. The molecule has 0 radical (unpaired) electrons. The topological polar surface area (TPSA) is 17.1 Å². The van der Waals surface area contributed by atoms with E-state index in [1.54, 1.807) is 0 Å². The van der Waals surface area contributed by atoms with Crippen LogP contribution in [-0.2, 0) is 0 Å². The molecular weight excluding hydrogens is 234 g/mol. The summed E-state index contributed by atoms with van der Waals surface area (Å²) < 4.78 is 26.8. The fraction of sp³-hybridized carbons (Fsp3) is 0.533. The highest BCUT2D eigenvalue weighted by Gasteiger charge is 2.31. The van der Waals surface area contributed by atoms with Crippen LogP contribution in [0.3, 0.4) is 0 Å². The Hall–Kier alpha value is -1.25. The SMILES string of the molecule is CCC1CCCCC1C(=O)c1cc(F)ccc1F. The summed E-state index contributed by atoms with van der Waals surface area (Å²) in [5.41, 5.74) is -0.0830. The molecule has 0 amide bonds. The van der Waals surface area contributed by atoms with Crippen LogP contribution in [0.25, 0.3) is 0 Å².